The van der Waals surface area contributed by atoms with Gasteiger partial charge in [0.1, 0.15) is 23.4 Å². The fraction of sp³-hybridized carbons (Fsp3) is 0.500. The predicted molar refractivity (Wildman–Crippen MR) is 131 cm³/mol. The first-order valence-corrected chi connectivity index (χ1v) is 13.7. The van der Waals surface area contributed by atoms with Crippen LogP contribution in [0.4, 0.5) is 13.9 Å². The number of carbonyl (C=O) groups is 2. The van der Waals surface area contributed by atoms with Crippen LogP contribution in [0, 0.1) is 17.6 Å². The second kappa shape index (κ2) is 12.5. The molecule has 1 aromatic carbocycles. The predicted octanol–water partition coefficient (Wildman–Crippen LogP) is 1.04. The number of thiazole rings is 1. The number of halogens is 2. The maximum Gasteiger partial charge on any atom is 0.271 e. The van der Waals surface area contributed by atoms with Crippen molar-refractivity contribution < 1.29 is 37.0 Å². The van der Waals surface area contributed by atoms with Gasteiger partial charge < -0.3 is 20.8 Å². The third-order valence-corrected chi connectivity index (χ3v) is 7.30. The van der Waals surface area contributed by atoms with Gasteiger partial charge in [0, 0.05) is 25.0 Å². The molecule has 1 aromatic heterocycles. The minimum atomic E-state index is -3.62. The number of aliphatic hydroxyl groups excluding tert-OH is 2. The standard InChI is InChI=1S/C22H30F2N4O6S2/c1-12(2)10-25-19(30)9-18(29)20(31)16(7-13-5-14(23)8-15(24)6-13)26-21(32)17-11-35-22(27-17)28(3)36(4,33)34/h5-6,8,11-12,16,18,20,29,31H,7,9-10H2,1-4H3,(H,25,30)(H,26,32). The first kappa shape index (κ1) is 29.5. The number of anilines is 1. The van der Waals surface area contributed by atoms with Gasteiger partial charge in [-0.3, -0.25) is 9.59 Å². The molecule has 3 unspecified atom stereocenters. The molecule has 2 amide bonds. The monoisotopic (exact) mass is 548 g/mol. The zero-order valence-corrected chi connectivity index (χ0v) is 21.9. The topological polar surface area (TPSA) is 149 Å². The summed E-state index contributed by atoms with van der Waals surface area (Å²) in [6.45, 7) is 4.12. The van der Waals surface area contributed by atoms with E-state index in [4.69, 9.17) is 0 Å². The molecular formula is C22H30F2N4O6S2. The van der Waals surface area contributed by atoms with Crippen LogP contribution >= 0.6 is 11.3 Å². The van der Waals surface area contributed by atoms with E-state index < -0.39 is 58.1 Å². The molecule has 4 N–H and O–H groups in total. The van der Waals surface area contributed by atoms with Crippen LogP contribution in [0.15, 0.2) is 23.6 Å². The molecule has 0 aliphatic carbocycles. The van der Waals surface area contributed by atoms with Gasteiger partial charge in [-0.05, 0) is 30.0 Å². The zero-order valence-electron chi connectivity index (χ0n) is 20.2. The molecule has 3 atom stereocenters. The van der Waals surface area contributed by atoms with Crippen LogP contribution in [0.2, 0.25) is 0 Å². The lowest BCUT2D eigenvalue weighted by atomic mass is 9.95. The molecule has 0 spiro atoms. The van der Waals surface area contributed by atoms with Crippen LogP contribution in [-0.2, 0) is 21.2 Å². The minimum absolute atomic E-state index is 0.0220. The molecule has 0 fully saturated rings. The summed E-state index contributed by atoms with van der Waals surface area (Å²) in [4.78, 5) is 28.9. The lowest BCUT2D eigenvalue weighted by Gasteiger charge is -2.27. The average molecular weight is 549 g/mol. The van der Waals surface area contributed by atoms with Crippen molar-refractivity contribution in [3.05, 3.63) is 46.5 Å². The molecule has 14 heteroatoms. The Morgan fingerprint density at radius 1 is 1.17 bits per heavy atom. The molecule has 0 aliphatic heterocycles. The van der Waals surface area contributed by atoms with Crippen molar-refractivity contribution in [1.82, 2.24) is 15.6 Å². The highest BCUT2D eigenvalue weighted by Gasteiger charge is 2.31. The summed E-state index contributed by atoms with van der Waals surface area (Å²) in [5, 5.41) is 27.6. The second-order valence-corrected chi connectivity index (χ2v) is 11.6. The fourth-order valence-electron chi connectivity index (χ4n) is 3.11. The van der Waals surface area contributed by atoms with Crippen LogP contribution in [0.3, 0.4) is 0 Å². The molecule has 2 aromatic rings. The van der Waals surface area contributed by atoms with Crippen molar-refractivity contribution in [1.29, 1.82) is 0 Å². The Labute approximate surface area is 212 Å². The van der Waals surface area contributed by atoms with Crippen molar-refractivity contribution >= 4 is 38.3 Å². The molecule has 10 nitrogen and oxygen atoms in total. The maximum absolute atomic E-state index is 13.7. The third kappa shape index (κ3) is 8.76. The number of amides is 2. The van der Waals surface area contributed by atoms with Crippen molar-refractivity contribution in [2.45, 2.75) is 44.9 Å². The van der Waals surface area contributed by atoms with E-state index >= 15 is 0 Å². The van der Waals surface area contributed by atoms with Gasteiger partial charge in [0.25, 0.3) is 5.91 Å². The van der Waals surface area contributed by atoms with E-state index in [0.29, 0.717) is 12.6 Å². The summed E-state index contributed by atoms with van der Waals surface area (Å²) < 4.78 is 51.7. The molecular weight excluding hydrogens is 518 g/mol. The van der Waals surface area contributed by atoms with Crippen molar-refractivity contribution in [3.8, 4) is 0 Å². The number of benzene rings is 1. The lowest BCUT2D eigenvalue weighted by molar-refractivity contribution is -0.125. The van der Waals surface area contributed by atoms with Crippen molar-refractivity contribution in [2.75, 3.05) is 24.2 Å². The van der Waals surface area contributed by atoms with Crippen LogP contribution in [0.5, 0.6) is 0 Å². The third-order valence-electron chi connectivity index (χ3n) is 5.09. The summed E-state index contributed by atoms with van der Waals surface area (Å²) in [5.41, 5.74) is -0.0821. The van der Waals surface area contributed by atoms with E-state index in [1.54, 1.807) is 0 Å². The molecule has 0 aliphatic rings. The summed E-state index contributed by atoms with van der Waals surface area (Å²) in [6, 6.07) is 1.41. The quantitative estimate of drug-likeness (QED) is 0.310. The molecule has 36 heavy (non-hydrogen) atoms. The SMILES string of the molecule is CC(C)CNC(=O)CC(O)C(O)C(Cc1cc(F)cc(F)c1)NC(=O)c1csc(N(C)S(C)(=O)=O)n1. The van der Waals surface area contributed by atoms with E-state index in [-0.39, 0.29) is 28.7 Å². The first-order valence-electron chi connectivity index (χ1n) is 11.0. The zero-order chi connectivity index (χ0) is 27.2. The Bertz CT molecular complexity index is 1150. The van der Waals surface area contributed by atoms with Gasteiger partial charge in [0.2, 0.25) is 15.9 Å². The molecule has 0 saturated heterocycles. The van der Waals surface area contributed by atoms with Crippen LogP contribution in [0.25, 0.3) is 0 Å². The Balaban J connectivity index is 2.24. The molecule has 0 saturated carbocycles. The van der Waals surface area contributed by atoms with Gasteiger partial charge in [0.05, 0.1) is 24.8 Å². The van der Waals surface area contributed by atoms with Crippen molar-refractivity contribution in [2.24, 2.45) is 5.92 Å². The average Bonchev–Trinajstić information content (AvgIpc) is 3.25. The van der Waals surface area contributed by atoms with Gasteiger partial charge in [0.15, 0.2) is 5.13 Å². The number of nitrogens with one attached hydrogen (secondary N) is 2. The van der Waals surface area contributed by atoms with Gasteiger partial charge in [-0.2, -0.15) is 0 Å². The van der Waals surface area contributed by atoms with Crippen LogP contribution in [-0.4, -0.2) is 73.5 Å². The molecule has 0 radical (unpaired) electrons. The number of carbonyl (C=O) groups excluding carboxylic acids is 2. The van der Waals surface area contributed by atoms with E-state index in [0.717, 1.165) is 34.0 Å². The van der Waals surface area contributed by atoms with E-state index in [1.165, 1.54) is 12.4 Å². The molecule has 2 rings (SSSR count). The Morgan fingerprint density at radius 3 is 2.33 bits per heavy atom. The number of hydrogen-bond acceptors (Lipinski definition) is 8. The van der Waals surface area contributed by atoms with Gasteiger partial charge in [-0.1, -0.05) is 13.8 Å². The Kier molecular flexibility index (Phi) is 10.3. The van der Waals surface area contributed by atoms with Crippen molar-refractivity contribution in [3.63, 3.8) is 0 Å². The molecule has 0 bridgehead atoms. The highest BCUT2D eigenvalue weighted by Crippen LogP contribution is 2.22. The number of aliphatic hydroxyl groups is 2. The highest BCUT2D eigenvalue weighted by atomic mass is 32.2. The highest BCUT2D eigenvalue weighted by molar-refractivity contribution is 7.92. The number of hydrogen-bond donors (Lipinski definition) is 4. The Morgan fingerprint density at radius 2 is 1.78 bits per heavy atom. The number of rotatable bonds is 12. The fourth-order valence-corrected chi connectivity index (χ4v) is 4.64. The smallest absolute Gasteiger partial charge is 0.271 e. The number of aromatic nitrogens is 1. The van der Waals surface area contributed by atoms with Crippen LogP contribution in [0.1, 0.15) is 36.3 Å². The lowest BCUT2D eigenvalue weighted by Crippen LogP contribution is -2.51. The first-order chi connectivity index (χ1) is 16.7. The largest absolute Gasteiger partial charge is 0.390 e. The minimum Gasteiger partial charge on any atom is -0.390 e. The summed E-state index contributed by atoms with van der Waals surface area (Å²) in [5.74, 6) is -2.92. The van der Waals surface area contributed by atoms with Crippen LogP contribution < -0.4 is 14.9 Å². The van der Waals surface area contributed by atoms with E-state index in [9.17, 15) is 37.0 Å². The second-order valence-electron chi connectivity index (χ2n) is 8.77. The number of nitrogens with zero attached hydrogens (tertiary/aromatic N) is 2. The van der Waals surface area contributed by atoms with E-state index in [2.05, 4.69) is 15.6 Å². The summed E-state index contributed by atoms with van der Waals surface area (Å²) in [7, 11) is -2.35. The summed E-state index contributed by atoms with van der Waals surface area (Å²) >= 11 is 0.889. The maximum atomic E-state index is 13.7. The normalized spacial score (nSPS) is 14.2. The molecule has 200 valence electrons. The van der Waals surface area contributed by atoms with E-state index in [1.807, 2.05) is 13.8 Å². The number of sulfonamides is 1. The summed E-state index contributed by atoms with van der Waals surface area (Å²) in [6.07, 6.45) is -3.09. The Hall–Kier alpha value is -2.68. The molecule has 1 heterocycles. The van der Waals surface area contributed by atoms with Gasteiger partial charge in [-0.25, -0.2) is 26.5 Å². The van der Waals surface area contributed by atoms with Gasteiger partial charge in [-0.15, -0.1) is 11.3 Å². The van der Waals surface area contributed by atoms with Gasteiger partial charge >= 0.3 is 0 Å².